The number of rotatable bonds is 0. The molecule has 9 atom stereocenters. The van der Waals surface area contributed by atoms with Gasteiger partial charge in [0.15, 0.2) is 0 Å². The van der Waals surface area contributed by atoms with Gasteiger partial charge in [-0.2, -0.15) is 0 Å². The molecule has 4 saturated carbocycles. The van der Waals surface area contributed by atoms with Gasteiger partial charge in [0.05, 0.1) is 17.1 Å². The van der Waals surface area contributed by atoms with Crippen LogP contribution in [0.15, 0.2) is 0 Å². The highest BCUT2D eigenvalue weighted by atomic mass is 35.5. The Morgan fingerprint density at radius 2 is 1.65 bits per heavy atom. The zero-order valence-corrected chi connectivity index (χ0v) is 15.6. The highest BCUT2D eigenvalue weighted by Crippen LogP contribution is 2.68. The molecule has 0 bridgehead atoms. The molecule has 4 fully saturated rings. The second kappa shape index (κ2) is 5.11. The maximum Gasteiger partial charge on any atom is 0.0709 e. The van der Waals surface area contributed by atoms with E-state index in [1.54, 1.807) is 0 Å². The molecule has 0 radical (unpaired) electrons. The van der Waals surface area contributed by atoms with Crippen molar-refractivity contribution in [2.75, 3.05) is 0 Å². The Bertz CT molecular complexity index is 492. The van der Waals surface area contributed by atoms with Crippen LogP contribution in [-0.2, 0) is 0 Å². The number of hydrogen-bond acceptors (Lipinski definition) is 2. The van der Waals surface area contributed by atoms with Crippen LogP contribution < -0.4 is 0 Å². The number of hydrogen-bond donors (Lipinski definition) is 2. The molecule has 2 nitrogen and oxygen atoms in total. The predicted octanol–water partition coefficient (Wildman–Crippen LogP) is 4.36. The summed E-state index contributed by atoms with van der Waals surface area (Å²) in [6.07, 6.45) is 8.63. The molecule has 0 heterocycles. The van der Waals surface area contributed by atoms with Gasteiger partial charge in [-0.15, -0.1) is 11.6 Å². The fraction of sp³-hybridized carbons (Fsp3) is 1.00. The van der Waals surface area contributed by atoms with Gasteiger partial charge in [0.2, 0.25) is 0 Å². The van der Waals surface area contributed by atoms with Crippen LogP contribution >= 0.6 is 11.6 Å². The standard InChI is InChI=1S/C20H33ClO2/c1-18-11-17(22)16(21)10-12(18)4-5-13-14(18)6-8-19(2)15(13)7-9-20(19,3)23/h12-17,22-23H,4-11H2,1-3H3/t12?,13?,14?,15?,16-,17-,18-,19-,20-/m0/s1. The van der Waals surface area contributed by atoms with E-state index in [9.17, 15) is 10.2 Å². The lowest BCUT2D eigenvalue weighted by Crippen LogP contribution is -2.57. The van der Waals surface area contributed by atoms with Crippen molar-refractivity contribution in [1.29, 1.82) is 0 Å². The van der Waals surface area contributed by atoms with Gasteiger partial charge in [0, 0.05) is 0 Å². The smallest absolute Gasteiger partial charge is 0.0709 e. The average Bonchev–Trinajstić information content (AvgIpc) is 2.71. The molecule has 3 heteroatoms. The first-order valence-corrected chi connectivity index (χ1v) is 10.2. The van der Waals surface area contributed by atoms with Crippen LogP contribution in [0.2, 0.25) is 0 Å². The number of aliphatic hydroxyl groups is 2. The Morgan fingerprint density at radius 3 is 2.39 bits per heavy atom. The van der Waals surface area contributed by atoms with Crippen LogP contribution in [0.1, 0.15) is 72.1 Å². The van der Waals surface area contributed by atoms with Crippen molar-refractivity contribution in [2.45, 2.75) is 89.2 Å². The summed E-state index contributed by atoms with van der Waals surface area (Å²) >= 11 is 6.39. The van der Waals surface area contributed by atoms with Crippen molar-refractivity contribution in [3.63, 3.8) is 0 Å². The number of alkyl halides is 1. The highest BCUT2D eigenvalue weighted by molar-refractivity contribution is 6.21. The molecule has 2 N–H and O–H groups in total. The van der Waals surface area contributed by atoms with E-state index >= 15 is 0 Å². The van der Waals surface area contributed by atoms with Crippen molar-refractivity contribution >= 4 is 11.6 Å². The highest BCUT2D eigenvalue weighted by Gasteiger charge is 2.63. The minimum atomic E-state index is -0.492. The largest absolute Gasteiger partial charge is 0.392 e. The Kier molecular flexibility index (Phi) is 3.70. The molecule has 0 amide bonds. The maximum atomic E-state index is 11.0. The van der Waals surface area contributed by atoms with E-state index in [-0.39, 0.29) is 22.3 Å². The first-order valence-electron chi connectivity index (χ1n) is 9.73. The van der Waals surface area contributed by atoms with Gasteiger partial charge in [-0.05, 0) is 92.8 Å². The summed E-state index contributed by atoms with van der Waals surface area (Å²) in [4.78, 5) is 0. The quantitative estimate of drug-likeness (QED) is 0.643. The zero-order chi connectivity index (χ0) is 16.6. The van der Waals surface area contributed by atoms with Gasteiger partial charge in [-0.3, -0.25) is 0 Å². The van der Waals surface area contributed by atoms with Gasteiger partial charge in [0.25, 0.3) is 0 Å². The van der Waals surface area contributed by atoms with Crippen molar-refractivity contribution < 1.29 is 10.2 Å². The second-order valence-electron chi connectivity index (χ2n) is 9.95. The summed E-state index contributed by atoms with van der Waals surface area (Å²) in [5.41, 5.74) is -0.142. The number of halogens is 1. The fourth-order valence-corrected chi connectivity index (χ4v) is 7.80. The minimum absolute atomic E-state index is 0.0503. The lowest BCUT2D eigenvalue weighted by molar-refractivity contribution is -0.155. The van der Waals surface area contributed by atoms with Crippen LogP contribution in [0, 0.1) is 34.5 Å². The van der Waals surface area contributed by atoms with Crippen molar-refractivity contribution in [1.82, 2.24) is 0 Å². The SMILES string of the molecule is C[C@]12C[C@H](O)[C@@H](Cl)CC1CCC1C2CC[C@@]2(C)C1CC[C@]2(C)O. The summed E-state index contributed by atoms with van der Waals surface area (Å²) in [5, 5.41) is 21.3. The first-order chi connectivity index (χ1) is 10.7. The van der Waals surface area contributed by atoms with Crippen LogP contribution in [0.4, 0.5) is 0 Å². The van der Waals surface area contributed by atoms with E-state index in [0.29, 0.717) is 17.8 Å². The van der Waals surface area contributed by atoms with Gasteiger partial charge in [-0.25, -0.2) is 0 Å². The molecular weight excluding hydrogens is 308 g/mol. The molecule has 4 rings (SSSR count). The third-order valence-corrected chi connectivity index (χ3v) is 9.67. The fourth-order valence-electron chi connectivity index (χ4n) is 7.49. The van der Waals surface area contributed by atoms with E-state index in [4.69, 9.17) is 11.6 Å². The van der Waals surface area contributed by atoms with Crippen molar-refractivity contribution in [3.05, 3.63) is 0 Å². The molecule has 4 aliphatic carbocycles. The van der Waals surface area contributed by atoms with Crippen molar-refractivity contribution in [3.8, 4) is 0 Å². The molecular formula is C20H33ClO2. The maximum absolute atomic E-state index is 11.0. The number of aliphatic hydroxyl groups excluding tert-OH is 1. The molecule has 132 valence electrons. The molecule has 23 heavy (non-hydrogen) atoms. The van der Waals surface area contributed by atoms with Crippen LogP contribution in [-0.4, -0.2) is 27.3 Å². The minimum Gasteiger partial charge on any atom is -0.392 e. The number of fused-ring (bicyclic) bond motifs is 5. The molecule has 4 unspecified atom stereocenters. The van der Waals surface area contributed by atoms with Crippen molar-refractivity contribution in [2.24, 2.45) is 34.5 Å². The van der Waals surface area contributed by atoms with E-state index in [2.05, 4.69) is 20.8 Å². The lowest BCUT2D eigenvalue weighted by atomic mass is 9.44. The molecule has 0 aromatic carbocycles. The normalized spacial score (nSPS) is 62.3. The van der Waals surface area contributed by atoms with Gasteiger partial charge >= 0.3 is 0 Å². The van der Waals surface area contributed by atoms with E-state index in [0.717, 1.165) is 31.6 Å². The molecule has 0 aromatic heterocycles. The summed E-state index contributed by atoms with van der Waals surface area (Å²) in [6, 6.07) is 0. The lowest BCUT2D eigenvalue weighted by Gasteiger charge is -2.62. The predicted molar refractivity (Wildman–Crippen MR) is 93.4 cm³/mol. The zero-order valence-electron chi connectivity index (χ0n) is 14.9. The summed E-state index contributed by atoms with van der Waals surface area (Å²) in [5.74, 6) is 2.80. The Hall–Kier alpha value is 0.210. The van der Waals surface area contributed by atoms with E-state index < -0.39 is 5.60 Å². The Balaban J connectivity index is 1.64. The molecule has 4 aliphatic rings. The molecule has 0 spiro atoms. The topological polar surface area (TPSA) is 40.5 Å². The summed E-state index contributed by atoms with van der Waals surface area (Å²) in [7, 11) is 0. The average molecular weight is 341 g/mol. The molecule has 0 saturated heterocycles. The van der Waals surface area contributed by atoms with Crippen LogP contribution in [0.25, 0.3) is 0 Å². The van der Waals surface area contributed by atoms with Crippen LogP contribution in [0.5, 0.6) is 0 Å². The third kappa shape index (κ3) is 2.13. The monoisotopic (exact) mass is 340 g/mol. The van der Waals surface area contributed by atoms with E-state index in [1.807, 2.05) is 0 Å². The third-order valence-electron chi connectivity index (χ3n) is 9.20. The Labute approximate surface area is 146 Å². The Morgan fingerprint density at radius 1 is 0.957 bits per heavy atom. The first kappa shape index (κ1) is 16.7. The molecule has 0 aliphatic heterocycles. The van der Waals surface area contributed by atoms with E-state index in [1.165, 1.54) is 25.7 Å². The second-order valence-corrected chi connectivity index (χ2v) is 10.5. The summed E-state index contributed by atoms with van der Waals surface area (Å²) in [6.45, 7) is 6.86. The van der Waals surface area contributed by atoms with Gasteiger partial charge in [0.1, 0.15) is 0 Å². The van der Waals surface area contributed by atoms with Gasteiger partial charge < -0.3 is 10.2 Å². The van der Waals surface area contributed by atoms with Gasteiger partial charge in [-0.1, -0.05) is 13.8 Å². The molecule has 0 aromatic rings. The van der Waals surface area contributed by atoms with Crippen LogP contribution in [0.3, 0.4) is 0 Å². The summed E-state index contributed by atoms with van der Waals surface area (Å²) < 4.78 is 0.